The number of sulfonamides is 1. The van der Waals surface area contributed by atoms with Gasteiger partial charge in [0.05, 0.1) is 4.90 Å². The van der Waals surface area contributed by atoms with Crippen LogP contribution in [0.2, 0.25) is 0 Å². The van der Waals surface area contributed by atoms with E-state index in [1.54, 1.807) is 6.07 Å². The summed E-state index contributed by atoms with van der Waals surface area (Å²) in [7, 11) is -3.60. The SMILES string of the molecule is Cc1cc(CNS(=O)(=O)c2ccc3c(c2)OCCO3)c(C)[nH]1. The van der Waals surface area contributed by atoms with Crippen LogP contribution >= 0.6 is 0 Å². The summed E-state index contributed by atoms with van der Waals surface area (Å²) < 4.78 is 38.2. The van der Waals surface area contributed by atoms with Crippen LogP contribution in [0.15, 0.2) is 29.2 Å². The summed E-state index contributed by atoms with van der Waals surface area (Å²) in [5.41, 5.74) is 2.90. The van der Waals surface area contributed by atoms with Crippen molar-refractivity contribution in [3.05, 3.63) is 41.2 Å². The Morgan fingerprint density at radius 2 is 1.86 bits per heavy atom. The van der Waals surface area contributed by atoms with Gasteiger partial charge in [0.25, 0.3) is 0 Å². The van der Waals surface area contributed by atoms with Gasteiger partial charge in [0.2, 0.25) is 10.0 Å². The summed E-state index contributed by atoms with van der Waals surface area (Å²) in [4.78, 5) is 3.32. The number of fused-ring (bicyclic) bond motifs is 1. The summed E-state index contributed by atoms with van der Waals surface area (Å²) in [6.45, 7) is 4.99. The Bertz CT molecular complexity index is 796. The van der Waals surface area contributed by atoms with Crippen LogP contribution < -0.4 is 14.2 Å². The molecule has 2 N–H and O–H groups in total. The monoisotopic (exact) mass is 322 g/mol. The van der Waals surface area contributed by atoms with Gasteiger partial charge in [-0.2, -0.15) is 0 Å². The molecule has 1 aromatic heterocycles. The number of aromatic amines is 1. The molecule has 1 aromatic carbocycles. The first kappa shape index (κ1) is 14.9. The van der Waals surface area contributed by atoms with Crippen LogP contribution in [0.3, 0.4) is 0 Å². The van der Waals surface area contributed by atoms with Gasteiger partial charge in [-0.05, 0) is 37.6 Å². The third-order valence-electron chi connectivity index (χ3n) is 3.53. The third-order valence-corrected chi connectivity index (χ3v) is 4.93. The van der Waals surface area contributed by atoms with Crippen LogP contribution in [0.4, 0.5) is 0 Å². The minimum Gasteiger partial charge on any atom is -0.486 e. The molecule has 6 nitrogen and oxygen atoms in total. The molecule has 0 radical (unpaired) electrons. The highest BCUT2D eigenvalue weighted by molar-refractivity contribution is 7.89. The molecule has 0 atom stereocenters. The van der Waals surface area contributed by atoms with Crippen molar-refractivity contribution in [2.45, 2.75) is 25.3 Å². The fourth-order valence-corrected chi connectivity index (χ4v) is 3.43. The summed E-state index contributed by atoms with van der Waals surface area (Å²) >= 11 is 0. The molecule has 3 rings (SSSR count). The number of rotatable bonds is 4. The van der Waals surface area contributed by atoms with Gasteiger partial charge in [-0.1, -0.05) is 0 Å². The normalized spacial score (nSPS) is 14.1. The van der Waals surface area contributed by atoms with E-state index in [1.807, 2.05) is 19.9 Å². The summed E-state index contributed by atoms with van der Waals surface area (Å²) in [5, 5.41) is 0. The molecule has 2 heterocycles. The predicted molar refractivity (Wildman–Crippen MR) is 81.7 cm³/mol. The van der Waals surface area contributed by atoms with Crippen LogP contribution in [-0.2, 0) is 16.6 Å². The zero-order valence-electron chi connectivity index (χ0n) is 12.5. The lowest BCUT2D eigenvalue weighted by Gasteiger charge is -2.18. The largest absolute Gasteiger partial charge is 0.486 e. The zero-order valence-corrected chi connectivity index (χ0v) is 13.3. The molecular weight excluding hydrogens is 304 g/mol. The second-order valence-corrected chi connectivity index (χ2v) is 7.00. The Morgan fingerprint density at radius 1 is 1.14 bits per heavy atom. The minimum atomic E-state index is -3.60. The molecule has 0 fully saturated rings. The number of benzene rings is 1. The Kier molecular flexibility index (Phi) is 3.84. The number of nitrogens with one attached hydrogen (secondary N) is 2. The van der Waals surface area contributed by atoms with Crippen molar-refractivity contribution in [3.63, 3.8) is 0 Å². The molecule has 0 aliphatic carbocycles. The number of hydrogen-bond acceptors (Lipinski definition) is 4. The lowest BCUT2D eigenvalue weighted by Crippen LogP contribution is -2.24. The standard InChI is InChI=1S/C15H18N2O4S/c1-10-7-12(11(2)17-10)9-16-22(18,19)13-3-4-14-15(8-13)21-6-5-20-14/h3-4,7-8,16-17H,5-6,9H2,1-2H3. The third kappa shape index (κ3) is 2.95. The maximum atomic E-state index is 12.4. The lowest BCUT2D eigenvalue weighted by molar-refractivity contribution is 0.171. The van der Waals surface area contributed by atoms with E-state index in [0.717, 1.165) is 17.0 Å². The van der Waals surface area contributed by atoms with Gasteiger partial charge in [-0.25, -0.2) is 13.1 Å². The Labute approximate surface area is 129 Å². The molecular formula is C15H18N2O4S. The number of aromatic nitrogens is 1. The number of H-pyrrole nitrogens is 1. The average Bonchev–Trinajstić information content (AvgIpc) is 2.82. The molecule has 0 spiro atoms. The van der Waals surface area contributed by atoms with Gasteiger partial charge in [0.1, 0.15) is 13.2 Å². The van der Waals surface area contributed by atoms with Crippen molar-refractivity contribution in [1.82, 2.24) is 9.71 Å². The van der Waals surface area contributed by atoms with E-state index in [9.17, 15) is 8.42 Å². The van der Waals surface area contributed by atoms with Gasteiger partial charge in [-0.3, -0.25) is 0 Å². The molecule has 1 aliphatic rings. The van der Waals surface area contributed by atoms with Crippen molar-refractivity contribution in [2.24, 2.45) is 0 Å². The van der Waals surface area contributed by atoms with Crippen molar-refractivity contribution in [2.75, 3.05) is 13.2 Å². The van der Waals surface area contributed by atoms with Crippen molar-refractivity contribution in [3.8, 4) is 11.5 Å². The van der Waals surface area contributed by atoms with Crippen molar-refractivity contribution in [1.29, 1.82) is 0 Å². The van der Waals surface area contributed by atoms with Gasteiger partial charge >= 0.3 is 0 Å². The molecule has 2 aromatic rings. The van der Waals surface area contributed by atoms with Crippen LogP contribution in [-0.4, -0.2) is 26.6 Å². The zero-order chi connectivity index (χ0) is 15.7. The van der Waals surface area contributed by atoms with Crippen LogP contribution in [0.25, 0.3) is 0 Å². The van der Waals surface area contributed by atoms with E-state index in [0.29, 0.717) is 24.7 Å². The second kappa shape index (κ2) is 5.66. The molecule has 22 heavy (non-hydrogen) atoms. The molecule has 1 aliphatic heterocycles. The first-order chi connectivity index (χ1) is 10.5. The van der Waals surface area contributed by atoms with Gasteiger partial charge in [0.15, 0.2) is 11.5 Å². The topological polar surface area (TPSA) is 80.4 Å². The highest BCUT2D eigenvalue weighted by Gasteiger charge is 2.19. The molecule has 7 heteroatoms. The Hall–Kier alpha value is -1.99. The highest BCUT2D eigenvalue weighted by atomic mass is 32.2. The van der Waals surface area contributed by atoms with Crippen molar-refractivity contribution >= 4 is 10.0 Å². The smallest absolute Gasteiger partial charge is 0.241 e. The minimum absolute atomic E-state index is 0.168. The molecule has 0 unspecified atom stereocenters. The maximum Gasteiger partial charge on any atom is 0.241 e. The second-order valence-electron chi connectivity index (χ2n) is 5.23. The Morgan fingerprint density at radius 3 is 2.55 bits per heavy atom. The number of hydrogen-bond donors (Lipinski definition) is 2. The van der Waals surface area contributed by atoms with E-state index >= 15 is 0 Å². The summed E-state index contributed by atoms with van der Waals surface area (Å²) in [6, 6.07) is 6.56. The van der Waals surface area contributed by atoms with E-state index in [4.69, 9.17) is 9.47 Å². The maximum absolute atomic E-state index is 12.4. The molecule has 0 bridgehead atoms. The van der Waals surface area contributed by atoms with Gasteiger partial charge in [-0.15, -0.1) is 0 Å². The molecule has 0 amide bonds. The highest BCUT2D eigenvalue weighted by Crippen LogP contribution is 2.32. The van der Waals surface area contributed by atoms with Crippen molar-refractivity contribution < 1.29 is 17.9 Å². The number of aryl methyl sites for hydroxylation is 2. The van der Waals surface area contributed by atoms with E-state index in [1.165, 1.54) is 12.1 Å². The first-order valence-corrected chi connectivity index (χ1v) is 8.48. The summed E-state index contributed by atoms with van der Waals surface area (Å²) in [6.07, 6.45) is 0. The molecule has 0 saturated heterocycles. The fourth-order valence-electron chi connectivity index (χ4n) is 2.41. The van der Waals surface area contributed by atoms with E-state index in [-0.39, 0.29) is 11.4 Å². The first-order valence-electron chi connectivity index (χ1n) is 7.00. The summed E-state index contributed by atoms with van der Waals surface area (Å²) in [5.74, 6) is 1.03. The van der Waals surface area contributed by atoms with Crippen LogP contribution in [0.1, 0.15) is 17.0 Å². The molecule has 0 saturated carbocycles. The van der Waals surface area contributed by atoms with E-state index < -0.39 is 10.0 Å². The lowest BCUT2D eigenvalue weighted by atomic mass is 10.2. The fraction of sp³-hybridized carbons (Fsp3) is 0.333. The molecule has 118 valence electrons. The van der Waals surface area contributed by atoms with Gasteiger partial charge < -0.3 is 14.5 Å². The van der Waals surface area contributed by atoms with Crippen LogP contribution in [0, 0.1) is 13.8 Å². The van der Waals surface area contributed by atoms with E-state index in [2.05, 4.69) is 9.71 Å². The Balaban J connectivity index is 1.79. The van der Waals surface area contributed by atoms with Crippen LogP contribution in [0.5, 0.6) is 11.5 Å². The van der Waals surface area contributed by atoms with Gasteiger partial charge in [0, 0.05) is 24.0 Å². The average molecular weight is 322 g/mol. The number of ether oxygens (including phenoxy) is 2. The predicted octanol–water partition coefficient (Wildman–Crippen LogP) is 1.88. The quantitative estimate of drug-likeness (QED) is 0.901.